The van der Waals surface area contributed by atoms with Gasteiger partial charge in [0.1, 0.15) is 11.0 Å². The van der Waals surface area contributed by atoms with Crippen LogP contribution in [0, 0.1) is 11.3 Å². The second-order valence-electron chi connectivity index (χ2n) is 3.77. The molecule has 18 heavy (non-hydrogen) atoms. The second kappa shape index (κ2) is 5.39. The van der Waals surface area contributed by atoms with Crippen molar-refractivity contribution in [2.24, 2.45) is 0 Å². The van der Waals surface area contributed by atoms with Crippen LogP contribution >= 0.6 is 11.6 Å². The zero-order valence-electron chi connectivity index (χ0n) is 9.52. The van der Waals surface area contributed by atoms with Gasteiger partial charge in [-0.15, -0.1) is 0 Å². The quantitative estimate of drug-likeness (QED) is 0.830. The Kier molecular flexibility index (Phi) is 3.66. The summed E-state index contributed by atoms with van der Waals surface area (Å²) in [6.45, 7) is 0.558. The normalized spacial score (nSPS) is 9.78. The molecule has 0 amide bonds. The average Bonchev–Trinajstić information content (AvgIpc) is 2.35. The van der Waals surface area contributed by atoms with Crippen LogP contribution in [0.2, 0.25) is 5.15 Å². The van der Waals surface area contributed by atoms with Crippen molar-refractivity contribution in [2.75, 3.05) is 11.1 Å². The lowest BCUT2D eigenvalue weighted by Crippen LogP contribution is -2.02. The SMILES string of the molecule is N#Cc1cccc(CNc2cc(N)cc(Cl)n2)c1. The Morgan fingerprint density at radius 1 is 1.33 bits per heavy atom. The number of halogens is 1. The van der Waals surface area contributed by atoms with Crippen molar-refractivity contribution in [1.82, 2.24) is 4.98 Å². The smallest absolute Gasteiger partial charge is 0.133 e. The summed E-state index contributed by atoms with van der Waals surface area (Å²) in [7, 11) is 0. The number of hydrogen-bond donors (Lipinski definition) is 2. The molecular formula is C13H11ClN4. The number of benzene rings is 1. The molecule has 0 unspecified atom stereocenters. The molecule has 1 heterocycles. The van der Waals surface area contributed by atoms with E-state index >= 15 is 0 Å². The molecule has 2 rings (SSSR count). The molecule has 5 heteroatoms. The van der Waals surface area contributed by atoms with E-state index in [9.17, 15) is 0 Å². The predicted molar refractivity (Wildman–Crippen MR) is 72.1 cm³/mol. The summed E-state index contributed by atoms with van der Waals surface area (Å²) in [5.41, 5.74) is 7.85. The van der Waals surface area contributed by atoms with Gasteiger partial charge >= 0.3 is 0 Å². The van der Waals surface area contributed by atoms with Gasteiger partial charge in [0.15, 0.2) is 0 Å². The number of nitrogen functional groups attached to an aromatic ring is 1. The van der Waals surface area contributed by atoms with E-state index in [-0.39, 0.29) is 0 Å². The van der Waals surface area contributed by atoms with E-state index in [1.165, 1.54) is 0 Å². The van der Waals surface area contributed by atoms with Crippen molar-refractivity contribution >= 4 is 23.1 Å². The van der Waals surface area contributed by atoms with Gasteiger partial charge in [0.2, 0.25) is 0 Å². The highest BCUT2D eigenvalue weighted by Crippen LogP contribution is 2.16. The summed E-state index contributed by atoms with van der Waals surface area (Å²) < 4.78 is 0. The first kappa shape index (κ1) is 12.2. The topological polar surface area (TPSA) is 74.7 Å². The molecule has 0 aliphatic rings. The molecule has 3 N–H and O–H groups in total. The maximum absolute atomic E-state index is 8.80. The number of rotatable bonds is 3. The Morgan fingerprint density at radius 2 is 2.17 bits per heavy atom. The number of anilines is 2. The van der Waals surface area contributed by atoms with E-state index < -0.39 is 0 Å². The molecule has 0 saturated carbocycles. The van der Waals surface area contributed by atoms with Crippen molar-refractivity contribution in [1.29, 1.82) is 5.26 Å². The van der Waals surface area contributed by atoms with Gasteiger partial charge in [-0.25, -0.2) is 4.98 Å². The summed E-state index contributed by atoms with van der Waals surface area (Å²) in [6.07, 6.45) is 0. The average molecular weight is 259 g/mol. The molecule has 0 radical (unpaired) electrons. The van der Waals surface area contributed by atoms with Crippen molar-refractivity contribution in [3.8, 4) is 6.07 Å². The summed E-state index contributed by atoms with van der Waals surface area (Å²) in [5, 5.41) is 12.3. The molecule has 1 aromatic carbocycles. The number of nitrogens with two attached hydrogens (primary N) is 1. The third kappa shape index (κ3) is 3.12. The molecule has 1 aromatic heterocycles. The second-order valence-corrected chi connectivity index (χ2v) is 4.16. The van der Waals surface area contributed by atoms with Crippen LogP contribution in [0.3, 0.4) is 0 Å². The number of nitriles is 1. The Balaban J connectivity index is 2.09. The maximum Gasteiger partial charge on any atom is 0.133 e. The highest BCUT2D eigenvalue weighted by atomic mass is 35.5. The van der Waals surface area contributed by atoms with E-state index in [0.29, 0.717) is 28.8 Å². The predicted octanol–water partition coefficient (Wildman–Crippen LogP) is 2.80. The molecule has 0 spiro atoms. The largest absolute Gasteiger partial charge is 0.399 e. The van der Waals surface area contributed by atoms with E-state index in [2.05, 4.69) is 16.4 Å². The molecule has 0 aliphatic heterocycles. The summed E-state index contributed by atoms with van der Waals surface area (Å²) in [6, 6.07) is 12.8. The minimum Gasteiger partial charge on any atom is -0.399 e. The van der Waals surface area contributed by atoms with Crippen LogP contribution in [0.5, 0.6) is 0 Å². The Hall–Kier alpha value is -2.25. The number of hydrogen-bond acceptors (Lipinski definition) is 4. The van der Waals surface area contributed by atoms with Gasteiger partial charge in [-0.2, -0.15) is 5.26 Å². The molecule has 0 fully saturated rings. The van der Waals surface area contributed by atoms with E-state index in [1.54, 1.807) is 18.2 Å². The standard InChI is InChI=1S/C13H11ClN4/c14-12-5-11(16)6-13(18-12)17-8-10-3-1-2-9(4-10)7-15/h1-6H,8H2,(H3,16,17,18). The summed E-state index contributed by atoms with van der Waals surface area (Å²) in [4.78, 5) is 4.10. The Morgan fingerprint density at radius 3 is 2.89 bits per heavy atom. The fourth-order valence-corrected chi connectivity index (χ4v) is 1.77. The van der Waals surface area contributed by atoms with Gasteiger partial charge in [0.25, 0.3) is 0 Å². The molecule has 0 bridgehead atoms. The van der Waals surface area contributed by atoms with Crippen LogP contribution in [0.15, 0.2) is 36.4 Å². The van der Waals surface area contributed by atoms with E-state index in [0.717, 1.165) is 5.56 Å². The first-order valence-electron chi connectivity index (χ1n) is 5.33. The third-order valence-corrected chi connectivity index (χ3v) is 2.54. The van der Waals surface area contributed by atoms with E-state index in [1.807, 2.05) is 18.2 Å². The molecule has 90 valence electrons. The van der Waals surface area contributed by atoms with Gasteiger partial charge in [-0.05, 0) is 23.8 Å². The van der Waals surface area contributed by atoms with Crippen LogP contribution in [-0.4, -0.2) is 4.98 Å². The molecule has 2 aromatic rings. The van der Waals surface area contributed by atoms with Crippen LogP contribution in [-0.2, 0) is 6.54 Å². The van der Waals surface area contributed by atoms with Gasteiger partial charge < -0.3 is 11.1 Å². The third-order valence-electron chi connectivity index (χ3n) is 2.35. The van der Waals surface area contributed by atoms with E-state index in [4.69, 9.17) is 22.6 Å². The molecule has 0 saturated heterocycles. The molecule has 0 aliphatic carbocycles. The van der Waals surface area contributed by atoms with Crippen molar-refractivity contribution in [3.63, 3.8) is 0 Å². The number of pyridine rings is 1. The molecule has 4 nitrogen and oxygen atoms in total. The van der Waals surface area contributed by atoms with Gasteiger partial charge in [0, 0.05) is 18.3 Å². The summed E-state index contributed by atoms with van der Waals surface area (Å²) in [5.74, 6) is 0.613. The zero-order chi connectivity index (χ0) is 13.0. The Bertz CT molecular complexity index is 584. The lowest BCUT2D eigenvalue weighted by atomic mass is 10.1. The van der Waals surface area contributed by atoms with Crippen LogP contribution in [0.25, 0.3) is 0 Å². The fraction of sp³-hybridized carbons (Fsp3) is 0.0769. The lowest BCUT2D eigenvalue weighted by Gasteiger charge is -2.07. The fourth-order valence-electron chi connectivity index (χ4n) is 1.55. The van der Waals surface area contributed by atoms with Gasteiger partial charge in [-0.1, -0.05) is 23.7 Å². The number of aromatic nitrogens is 1. The summed E-state index contributed by atoms with van der Waals surface area (Å²) >= 11 is 5.81. The monoisotopic (exact) mass is 258 g/mol. The van der Waals surface area contributed by atoms with Crippen molar-refractivity contribution in [3.05, 3.63) is 52.7 Å². The van der Waals surface area contributed by atoms with Crippen LogP contribution in [0.4, 0.5) is 11.5 Å². The molecular weight excluding hydrogens is 248 g/mol. The molecule has 0 atom stereocenters. The van der Waals surface area contributed by atoms with Crippen LogP contribution in [0.1, 0.15) is 11.1 Å². The van der Waals surface area contributed by atoms with Crippen molar-refractivity contribution < 1.29 is 0 Å². The lowest BCUT2D eigenvalue weighted by molar-refractivity contribution is 1.11. The minimum atomic E-state index is 0.350. The number of nitrogens with one attached hydrogen (secondary N) is 1. The minimum absolute atomic E-state index is 0.350. The highest BCUT2D eigenvalue weighted by Gasteiger charge is 2.00. The first-order valence-corrected chi connectivity index (χ1v) is 5.71. The van der Waals surface area contributed by atoms with Crippen LogP contribution < -0.4 is 11.1 Å². The maximum atomic E-state index is 8.80. The number of nitrogens with zero attached hydrogens (tertiary/aromatic N) is 2. The first-order chi connectivity index (χ1) is 8.67. The van der Waals surface area contributed by atoms with Gasteiger partial charge in [-0.3, -0.25) is 0 Å². The zero-order valence-corrected chi connectivity index (χ0v) is 10.3. The Labute approximate surface area is 110 Å². The van der Waals surface area contributed by atoms with Gasteiger partial charge in [0.05, 0.1) is 11.6 Å². The highest BCUT2D eigenvalue weighted by molar-refractivity contribution is 6.29. The van der Waals surface area contributed by atoms with Crippen molar-refractivity contribution in [2.45, 2.75) is 6.54 Å².